The van der Waals surface area contributed by atoms with E-state index in [2.05, 4.69) is 5.10 Å². The Morgan fingerprint density at radius 1 is 1.30 bits per heavy atom. The number of alkyl halides is 3. The van der Waals surface area contributed by atoms with Gasteiger partial charge in [0.1, 0.15) is 0 Å². The normalized spacial score (nSPS) is 22.3. The van der Waals surface area contributed by atoms with Crippen molar-refractivity contribution in [3.63, 3.8) is 0 Å². The molecule has 2 rings (SSSR count). The third kappa shape index (κ3) is 3.20. The van der Waals surface area contributed by atoms with Gasteiger partial charge in [0, 0.05) is 12.1 Å². The highest BCUT2D eigenvalue weighted by Gasteiger charge is 2.64. The van der Waals surface area contributed by atoms with E-state index in [0.717, 1.165) is 18.6 Å². The fraction of sp³-hybridized carbons (Fsp3) is 0.500. The molecule has 1 aliphatic heterocycles. The van der Waals surface area contributed by atoms with E-state index in [4.69, 9.17) is 0 Å². The van der Waals surface area contributed by atoms with Crippen LogP contribution in [0.1, 0.15) is 32.6 Å². The van der Waals surface area contributed by atoms with Crippen molar-refractivity contribution >= 4 is 15.7 Å². The van der Waals surface area contributed by atoms with Crippen LogP contribution in [0.2, 0.25) is 0 Å². The van der Waals surface area contributed by atoms with Crippen LogP contribution in [0.15, 0.2) is 40.3 Å². The van der Waals surface area contributed by atoms with Crippen molar-refractivity contribution in [1.29, 1.82) is 0 Å². The molecule has 1 aliphatic rings. The summed E-state index contributed by atoms with van der Waals surface area (Å²) in [5.74, 6) is 0. The second kappa shape index (κ2) is 6.12. The fourth-order valence-corrected chi connectivity index (χ4v) is 3.76. The van der Waals surface area contributed by atoms with E-state index >= 15 is 0 Å². The summed E-state index contributed by atoms with van der Waals surface area (Å²) in [5, 5.41) is 13.6. The number of rotatable bonds is 5. The van der Waals surface area contributed by atoms with Crippen LogP contribution in [-0.2, 0) is 10.0 Å². The maximum absolute atomic E-state index is 13.3. The molecule has 1 atom stereocenters. The van der Waals surface area contributed by atoms with Gasteiger partial charge in [-0.05, 0) is 25.0 Å². The molecule has 0 aromatic heterocycles. The molecule has 1 heterocycles. The average molecular weight is 350 g/mol. The van der Waals surface area contributed by atoms with Crippen LogP contribution in [0.5, 0.6) is 0 Å². The maximum Gasteiger partial charge on any atom is 0.439 e. The molecule has 0 bridgehead atoms. The number of aliphatic hydroxyl groups is 1. The number of halogens is 3. The van der Waals surface area contributed by atoms with Crippen molar-refractivity contribution in [2.45, 2.75) is 49.4 Å². The lowest BCUT2D eigenvalue weighted by Crippen LogP contribution is -2.56. The first-order valence-electron chi connectivity index (χ1n) is 7.09. The number of hydrogen-bond acceptors (Lipinski definition) is 4. The molecule has 1 N–H and O–H groups in total. The second-order valence-electron chi connectivity index (χ2n) is 5.32. The van der Waals surface area contributed by atoms with E-state index in [1.807, 2.05) is 6.92 Å². The molecular formula is C14H17F3N2O3S. The summed E-state index contributed by atoms with van der Waals surface area (Å²) in [6.07, 6.45) is -4.55. The minimum atomic E-state index is -5.16. The summed E-state index contributed by atoms with van der Waals surface area (Å²) >= 11 is 0. The number of benzene rings is 1. The zero-order valence-corrected chi connectivity index (χ0v) is 13.2. The molecule has 0 fully saturated rings. The van der Waals surface area contributed by atoms with E-state index in [1.165, 1.54) is 18.2 Å². The van der Waals surface area contributed by atoms with Gasteiger partial charge < -0.3 is 5.11 Å². The fourth-order valence-electron chi connectivity index (χ4n) is 2.27. The predicted octanol–water partition coefficient (Wildman–Crippen LogP) is 2.88. The second-order valence-corrected chi connectivity index (χ2v) is 7.09. The highest BCUT2D eigenvalue weighted by Crippen LogP contribution is 2.43. The molecule has 0 saturated carbocycles. The Bertz CT molecular complexity index is 689. The van der Waals surface area contributed by atoms with Crippen LogP contribution in [0, 0.1) is 0 Å². The Balaban J connectivity index is 2.48. The summed E-state index contributed by atoms with van der Waals surface area (Å²) in [5.41, 5.74) is -3.53. The summed E-state index contributed by atoms with van der Waals surface area (Å²) in [6, 6.07) is 6.63. The first-order chi connectivity index (χ1) is 10.6. The van der Waals surface area contributed by atoms with Gasteiger partial charge in [-0.2, -0.15) is 26.7 Å². The first-order valence-corrected chi connectivity index (χ1v) is 8.53. The molecule has 1 aromatic carbocycles. The Morgan fingerprint density at radius 2 is 1.91 bits per heavy atom. The molecule has 23 heavy (non-hydrogen) atoms. The highest BCUT2D eigenvalue weighted by atomic mass is 32.2. The van der Waals surface area contributed by atoms with Crippen molar-refractivity contribution in [2.24, 2.45) is 5.10 Å². The molecule has 0 amide bonds. The van der Waals surface area contributed by atoms with Gasteiger partial charge in [0.2, 0.25) is 0 Å². The van der Waals surface area contributed by atoms with E-state index in [9.17, 15) is 26.7 Å². The number of hydrogen-bond donors (Lipinski definition) is 1. The molecule has 1 aromatic rings. The quantitative estimate of drug-likeness (QED) is 0.888. The number of unbranched alkanes of at least 4 members (excludes halogenated alkanes) is 1. The lowest BCUT2D eigenvalue weighted by atomic mass is 10.0. The number of sulfonamides is 1. The molecule has 5 nitrogen and oxygen atoms in total. The van der Waals surface area contributed by atoms with Gasteiger partial charge in [0.25, 0.3) is 15.7 Å². The molecule has 9 heteroatoms. The first kappa shape index (κ1) is 17.7. The minimum Gasteiger partial charge on any atom is -0.361 e. The van der Waals surface area contributed by atoms with Crippen molar-refractivity contribution in [3.05, 3.63) is 30.3 Å². The number of hydrazone groups is 1. The zero-order chi connectivity index (χ0) is 17.3. The largest absolute Gasteiger partial charge is 0.439 e. The Hall–Kier alpha value is -1.61. The summed E-state index contributed by atoms with van der Waals surface area (Å²) in [6.45, 7) is 1.85. The van der Waals surface area contributed by atoms with Crippen LogP contribution in [-0.4, -0.2) is 35.6 Å². The highest BCUT2D eigenvalue weighted by molar-refractivity contribution is 7.89. The monoisotopic (exact) mass is 350 g/mol. The summed E-state index contributed by atoms with van der Waals surface area (Å²) < 4.78 is 64.7. The van der Waals surface area contributed by atoms with Gasteiger partial charge in [-0.3, -0.25) is 0 Å². The standard InChI is InChI=1S/C14H17F3N2O3S/c1-2-3-7-11-10-13(20,14(15,16)17)19(18-11)23(21,22)12-8-5-4-6-9-12/h4-6,8-9,20H,2-3,7,10H2,1H3/t13-/m1/s1. The van der Waals surface area contributed by atoms with Crippen molar-refractivity contribution in [1.82, 2.24) is 4.41 Å². The molecule has 0 radical (unpaired) electrons. The number of nitrogens with zero attached hydrogens (tertiary/aromatic N) is 2. The van der Waals surface area contributed by atoms with Crippen LogP contribution in [0.3, 0.4) is 0 Å². The molecule has 0 saturated heterocycles. The molecule has 128 valence electrons. The summed E-state index contributed by atoms with van der Waals surface area (Å²) in [4.78, 5) is -0.358. The van der Waals surface area contributed by atoms with E-state index in [0.29, 0.717) is 6.42 Å². The Morgan fingerprint density at radius 3 is 2.43 bits per heavy atom. The van der Waals surface area contributed by atoms with E-state index in [1.54, 1.807) is 0 Å². The topological polar surface area (TPSA) is 70.0 Å². The van der Waals surface area contributed by atoms with Crippen LogP contribution in [0.4, 0.5) is 13.2 Å². The van der Waals surface area contributed by atoms with E-state index < -0.39 is 28.3 Å². The third-order valence-corrected chi connectivity index (χ3v) is 5.25. The Labute approximate surface area is 132 Å². The molecule has 0 spiro atoms. The molecular weight excluding hydrogens is 333 g/mol. The third-order valence-electron chi connectivity index (χ3n) is 3.54. The predicted molar refractivity (Wildman–Crippen MR) is 78.0 cm³/mol. The lowest BCUT2D eigenvalue weighted by Gasteiger charge is -2.33. The van der Waals surface area contributed by atoms with Gasteiger partial charge in [-0.1, -0.05) is 31.5 Å². The van der Waals surface area contributed by atoms with Crippen LogP contribution in [0.25, 0.3) is 0 Å². The maximum atomic E-state index is 13.3. The van der Waals surface area contributed by atoms with Crippen molar-refractivity contribution in [2.75, 3.05) is 0 Å². The van der Waals surface area contributed by atoms with Gasteiger partial charge in [-0.25, -0.2) is 0 Å². The minimum absolute atomic E-state index is 0.0196. The summed E-state index contributed by atoms with van der Waals surface area (Å²) in [7, 11) is -4.61. The molecule has 0 unspecified atom stereocenters. The Kier molecular flexibility index (Phi) is 4.72. The zero-order valence-electron chi connectivity index (χ0n) is 12.4. The lowest BCUT2D eigenvalue weighted by molar-refractivity contribution is -0.291. The van der Waals surface area contributed by atoms with Crippen LogP contribution < -0.4 is 0 Å². The van der Waals surface area contributed by atoms with Gasteiger partial charge >= 0.3 is 6.18 Å². The van der Waals surface area contributed by atoms with Crippen molar-refractivity contribution < 1.29 is 26.7 Å². The van der Waals surface area contributed by atoms with E-state index in [-0.39, 0.29) is 21.4 Å². The van der Waals surface area contributed by atoms with Crippen LogP contribution >= 0.6 is 0 Å². The molecule has 0 aliphatic carbocycles. The van der Waals surface area contributed by atoms with Crippen molar-refractivity contribution in [3.8, 4) is 0 Å². The van der Waals surface area contributed by atoms with Gasteiger partial charge in [0.15, 0.2) is 0 Å². The van der Waals surface area contributed by atoms with Gasteiger partial charge in [0.05, 0.1) is 4.90 Å². The average Bonchev–Trinajstić information content (AvgIpc) is 2.85. The smallest absolute Gasteiger partial charge is 0.361 e. The van der Waals surface area contributed by atoms with Gasteiger partial charge in [-0.15, -0.1) is 4.41 Å². The SMILES string of the molecule is CCCCC1=NN(S(=O)(=O)c2ccccc2)[C@](O)(C(F)(F)F)C1.